The zero-order chi connectivity index (χ0) is 20.9. The zero-order valence-corrected chi connectivity index (χ0v) is 18.7. The SMILES string of the molecule is CCC[Si@H]1CC[C@H](c2ccc(-c3ccccc3)c(-c3ccc(C#N)cc3)c2F)CC1. The molecule has 0 N–H and O–H groups in total. The van der Waals surface area contributed by atoms with E-state index in [1.54, 1.807) is 12.1 Å². The van der Waals surface area contributed by atoms with E-state index in [0.29, 0.717) is 17.0 Å². The molecule has 3 aromatic carbocycles. The summed E-state index contributed by atoms with van der Waals surface area (Å²) in [5.74, 6) is 0.245. The topological polar surface area (TPSA) is 23.8 Å². The Morgan fingerprint density at radius 2 is 1.63 bits per heavy atom. The predicted molar refractivity (Wildman–Crippen MR) is 126 cm³/mol. The van der Waals surface area contributed by atoms with Crippen LogP contribution < -0.4 is 0 Å². The zero-order valence-electron chi connectivity index (χ0n) is 17.6. The molecule has 4 rings (SSSR count). The van der Waals surface area contributed by atoms with E-state index in [9.17, 15) is 0 Å². The van der Waals surface area contributed by atoms with Crippen molar-refractivity contribution in [2.24, 2.45) is 0 Å². The van der Waals surface area contributed by atoms with Crippen molar-refractivity contribution in [3.8, 4) is 28.3 Å². The maximum atomic E-state index is 16.1. The van der Waals surface area contributed by atoms with Crippen LogP contribution in [0.5, 0.6) is 0 Å². The molecule has 0 bridgehead atoms. The van der Waals surface area contributed by atoms with Crippen molar-refractivity contribution in [2.45, 2.75) is 50.2 Å². The first-order valence-electron chi connectivity index (χ1n) is 11.1. The highest BCUT2D eigenvalue weighted by Gasteiger charge is 2.27. The molecule has 1 aliphatic heterocycles. The lowest BCUT2D eigenvalue weighted by molar-refractivity contribution is 0.546. The molecule has 0 aromatic heterocycles. The minimum Gasteiger partial charge on any atom is -0.206 e. The van der Waals surface area contributed by atoms with E-state index in [1.165, 1.54) is 24.6 Å². The van der Waals surface area contributed by atoms with E-state index in [1.807, 2.05) is 48.5 Å². The van der Waals surface area contributed by atoms with Gasteiger partial charge in [-0.15, -0.1) is 0 Å². The number of nitriles is 1. The van der Waals surface area contributed by atoms with E-state index in [0.717, 1.165) is 35.1 Å². The molecule has 0 radical (unpaired) electrons. The summed E-state index contributed by atoms with van der Waals surface area (Å²) in [6.45, 7) is 2.28. The molecule has 0 amide bonds. The van der Waals surface area contributed by atoms with E-state index in [4.69, 9.17) is 5.26 Å². The molecular formula is C27H28FNSi. The van der Waals surface area contributed by atoms with Crippen LogP contribution in [0.2, 0.25) is 18.1 Å². The molecular weight excluding hydrogens is 385 g/mol. The van der Waals surface area contributed by atoms with Crippen LogP contribution in [0.1, 0.15) is 43.2 Å². The van der Waals surface area contributed by atoms with Gasteiger partial charge in [-0.25, -0.2) is 4.39 Å². The minimum atomic E-state index is -0.597. The summed E-state index contributed by atoms with van der Waals surface area (Å²) < 4.78 is 16.1. The van der Waals surface area contributed by atoms with Crippen molar-refractivity contribution in [3.05, 3.63) is 83.7 Å². The van der Waals surface area contributed by atoms with Gasteiger partial charge in [-0.3, -0.25) is 0 Å². The van der Waals surface area contributed by atoms with Gasteiger partial charge in [0.05, 0.1) is 11.6 Å². The Morgan fingerprint density at radius 3 is 2.27 bits per heavy atom. The first kappa shape index (κ1) is 20.6. The highest BCUT2D eigenvalue weighted by Crippen LogP contribution is 2.42. The van der Waals surface area contributed by atoms with Crippen LogP contribution in [0, 0.1) is 17.1 Å². The van der Waals surface area contributed by atoms with E-state index < -0.39 is 8.80 Å². The monoisotopic (exact) mass is 413 g/mol. The number of nitrogens with zero attached hydrogens (tertiary/aromatic N) is 1. The molecule has 1 fully saturated rings. The van der Waals surface area contributed by atoms with Gasteiger partial charge in [0.15, 0.2) is 0 Å². The fourth-order valence-electron chi connectivity index (χ4n) is 4.93. The largest absolute Gasteiger partial charge is 0.206 e. The van der Waals surface area contributed by atoms with Crippen LogP contribution in [-0.4, -0.2) is 8.80 Å². The smallest absolute Gasteiger partial charge is 0.135 e. The molecule has 3 aromatic rings. The molecule has 1 heterocycles. The Labute approximate surface area is 180 Å². The lowest BCUT2D eigenvalue weighted by Crippen LogP contribution is -2.20. The van der Waals surface area contributed by atoms with E-state index >= 15 is 4.39 Å². The highest BCUT2D eigenvalue weighted by molar-refractivity contribution is 6.59. The number of benzene rings is 3. The van der Waals surface area contributed by atoms with Gasteiger partial charge in [-0.2, -0.15) is 5.26 Å². The van der Waals surface area contributed by atoms with Crippen LogP contribution in [0.25, 0.3) is 22.3 Å². The molecule has 0 spiro atoms. The summed E-state index contributed by atoms with van der Waals surface area (Å²) in [4.78, 5) is 0. The summed E-state index contributed by atoms with van der Waals surface area (Å²) in [7, 11) is -0.597. The van der Waals surface area contributed by atoms with Gasteiger partial charge >= 0.3 is 0 Å². The van der Waals surface area contributed by atoms with Crippen molar-refractivity contribution in [1.82, 2.24) is 0 Å². The standard InChI is InChI=1S/C27H28FNSi/c1-2-16-30-17-14-22(15-18-30)25-13-12-24(21-6-4-3-5-7-21)26(27(25)28)23-10-8-20(19-29)9-11-23/h3-13,22,30H,2,14-18H2,1H3/t22-,30-. The first-order chi connectivity index (χ1) is 14.7. The van der Waals surface area contributed by atoms with E-state index in [-0.39, 0.29) is 5.82 Å². The number of halogens is 1. The molecule has 0 saturated carbocycles. The van der Waals surface area contributed by atoms with Crippen molar-refractivity contribution in [3.63, 3.8) is 0 Å². The molecule has 30 heavy (non-hydrogen) atoms. The molecule has 152 valence electrons. The van der Waals surface area contributed by atoms with Gasteiger partial charge in [0.2, 0.25) is 0 Å². The van der Waals surface area contributed by atoms with Crippen LogP contribution >= 0.6 is 0 Å². The average molecular weight is 414 g/mol. The third-order valence-corrected chi connectivity index (χ3v) is 10.2. The molecule has 1 nitrogen and oxygen atoms in total. The van der Waals surface area contributed by atoms with Crippen molar-refractivity contribution in [2.75, 3.05) is 0 Å². The van der Waals surface area contributed by atoms with Crippen LogP contribution in [0.4, 0.5) is 4.39 Å². The van der Waals surface area contributed by atoms with Crippen LogP contribution in [0.15, 0.2) is 66.7 Å². The van der Waals surface area contributed by atoms with Crippen LogP contribution in [-0.2, 0) is 0 Å². The lowest BCUT2D eigenvalue weighted by Gasteiger charge is -2.29. The van der Waals surface area contributed by atoms with Gasteiger partial charge in [-0.1, -0.05) is 86.1 Å². The molecule has 1 saturated heterocycles. The summed E-state index contributed by atoms with van der Waals surface area (Å²) >= 11 is 0. The quantitative estimate of drug-likeness (QED) is 0.396. The summed E-state index contributed by atoms with van der Waals surface area (Å²) in [6.07, 6.45) is 3.56. The Morgan fingerprint density at radius 1 is 0.933 bits per heavy atom. The van der Waals surface area contributed by atoms with Crippen molar-refractivity contribution in [1.29, 1.82) is 5.26 Å². The number of hydrogen-bond donors (Lipinski definition) is 0. The van der Waals surface area contributed by atoms with E-state index in [2.05, 4.69) is 19.1 Å². The van der Waals surface area contributed by atoms with Crippen molar-refractivity contribution >= 4 is 8.80 Å². The minimum absolute atomic E-state index is 0.0818. The summed E-state index contributed by atoms with van der Waals surface area (Å²) in [6, 6.07) is 27.7. The molecule has 0 aliphatic carbocycles. The Kier molecular flexibility index (Phi) is 6.45. The normalized spacial score (nSPS) is 18.7. The second-order valence-corrected chi connectivity index (χ2v) is 11.9. The molecule has 3 heteroatoms. The number of hydrogen-bond acceptors (Lipinski definition) is 1. The third-order valence-electron chi connectivity index (χ3n) is 6.54. The maximum absolute atomic E-state index is 16.1. The molecule has 0 atom stereocenters. The van der Waals surface area contributed by atoms with Crippen molar-refractivity contribution < 1.29 is 4.39 Å². The Balaban J connectivity index is 1.76. The fourth-order valence-corrected chi connectivity index (χ4v) is 8.36. The Bertz CT molecular complexity index is 1030. The predicted octanol–water partition coefficient (Wildman–Crippen LogP) is 7.55. The average Bonchev–Trinajstić information content (AvgIpc) is 2.80. The fraction of sp³-hybridized carbons (Fsp3) is 0.296. The van der Waals surface area contributed by atoms with Gasteiger partial charge in [0, 0.05) is 14.4 Å². The van der Waals surface area contributed by atoms with Gasteiger partial charge in [0.1, 0.15) is 5.82 Å². The highest BCUT2D eigenvalue weighted by atomic mass is 28.3. The number of rotatable bonds is 5. The maximum Gasteiger partial charge on any atom is 0.135 e. The van der Waals surface area contributed by atoms with Crippen LogP contribution in [0.3, 0.4) is 0 Å². The molecule has 0 unspecified atom stereocenters. The summed E-state index contributed by atoms with van der Waals surface area (Å²) in [5, 5.41) is 9.14. The second kappa shape index (κ2) is 9.41. The summed E-state index contributed by atoms with van der Waals surface area (Å²) in [5.41, 5.74) is 4.89. The molecule has 1 aliphatic rings. The Hall–Kier alpha value is -2.70. The third kappa shape index (κ3) is 4.25. The lowest BCUT2D eigenvalue weighted by atomic mass is 9.86. The van der Waals surface area contributed by atoms with Gasteiger partial charge in [0.25, 0.3) is 0 Å². The van der Waals surface area contributed by atoms with Gasteiger partial charge in [-0.05, 0) is 53.1 Å². The van der Waals surface area contributed by atoms with Gasteiger partial charge < -0.3 is 0 Å². The second-order valence-electron chi connectivity index (χ2n) is 8.45. The first-order valence-corrected chi connectivity index (χ1v) is 13.5.